The number of nitrogens with one attached hydrogen (secondary N) is 1. The third-order valence-electron chi connectivity index (χ3n) is 6.09. The van der Waals surface area contributed by atoms with Crippen LogP contribution in [-0.4, -0.2) is 60.3 Å². The van der Waals surface area contributed by atoms with E-state index in [9.17, 15) is 10.0 Å². The minimum absolute atomic E-state index is 0.195. The van der Waals surface area contributed by atoms with Crippen LogP contribution in [0.4, 0.5) is 4.79 Å². The zero-order valence-corrected chi connectivity index (χ0v) is 20.1. The summed E-state index contributed by atoms with van der Waals surface area (Å²) >= 11 is 13.3. The number of benzene rings is 1. The summed E-state index contributed by atoms with van der Waals surface area (Å²) in [6.45, 7) is 7.08. The number of aliphatic imine (C=N–C) groups is 2. The molecule has 0 spiro atoms. The van der Waals surface area contributed by atoms with E-state index in [1.165, 1.54) is 0 Å². The molecule has 1 unspecified atom stereocenters. The van der Waals surface area contributed by atoms with Crippen molar-refractivity contribution in [2.45, 2.75) is 51.1 Å². The highest BCUT2D eigenvalue weighted by Gasteiger charge is 2.32. The second-order valence-corrected chi connectivity index (χ2v) is 9.23. The van der Waals surface area contributed by atoms with Gasteiger partial charge < -0.3 is 10.2 Å². The van der Waals surface area contributed by atoms with Gasteiger partial charge in [-0.25, -0.2) is 9.86 Å². The Hall–Kier alpha value is -1.93. The van der Waals surface area contributed by atoms with Crippen LogP contribution in [0.5, 0.6) is 0 Å². The van der Waals surface area contributed by atoms with Gasteiger partial charge in [-0.05, 0) is 64.5 Å². The highest BCUT2D eigenvalue weighted by molar-refractivity contribution is 6.43. The third-order valence-corrected chi connectivity index (χ3v) is 6.98. The smallest absolute Gasteiger partial charge is 0.329 e. The van der Waals surface area contributed by atoms with E-state index in [4.69, 9.17) is 23.2 Å². The quantitative estimate of drug-likeness (QED) is 0.296. The van der Waals surface area contributed by atoms with Crippen LogP contribution >= 0.6 is 23.2 Å². The van der Waals surface area contributed by atoms with Gasteiger partial charge in [-0.3, -0.25) is 15.2 Å². The Labute approximate surface area is 199 Å². The van der Waals surface area contributed by atoms with Crippen molar-refractivity contribution in [2.24, 2.45) is 15.9 Å². The van der Waals surface area contributed by atoms with Crippen LogP contribution in [0.25, 0.3) is 5.70 Å². The van der Waals surface area contributed by atoms with Gasteiger partial charge in [0.25, 0.3) is 0 Å². The average Bonchev–Trinajstić information content (AvgIpc) is 3.60. The number of hydroxylamine groups is 2. The second-order valence-electron chi connectivity index (χ2n) is 8.47. The molecule has 2 N–H and O–H groups in total. The van der Waals surface area contributed by atoms with Crippen molar-refractivity contribution < 1.29 is 10.0 Å². The first-order chi connectivity index (χ1) is 15.3. The van der Waals surface area contributed by atoms with Crippen molar-refractivity contribution in [1.29, 1.82) is 0 Å². The Bertz CT molecular complexity index is 893. The maximum atomic E-state index is 12.9. The van der Waals surface area contributed by atoms with Crippen LogP contribution in [-0.2, 0) is 0 Å². The number of hydrogen-bond acceptors (Lipinski definition) is 5. The number of piperidine rings is 1. The molecule has 1 heterocycles. The standard InChI is InChI=1S/C23H31Cl2N5O2/c1-4-27-14-20(26-2)18-8-7-17(21(24)22(18)25)19(13-15-5-6-15)28-23(31)30(32)16-9-11-29(3)12-10-16/h4,7-8,14-16,19,32H,2,5-6,9-13H2,1,3H3,(H,28,31)/b20-14-,27-4?. The molecule has 1 saturated heterocycles. The number of rotatable bonds is 8. The number of carbonyl (C=O) groups excluding carboxylic acids is 1. The van der Waals surface area contributed by atoms with Crippen molar-refractivity contribution in [3.63, 3.8) is 0 Å². The summed E-state index contributed by atoms with van der Waals surface area (Å²) in [6, 6.07) is 2.61. The predicted octanol–water partition coefficient (Wildman–Crippen LogP) is 5.42. The van der Waals surface area contributed by atoms with Crippen molar-refractivity contribution in [2.75, 3.05) is 20.1 Å². The molecular weight excluding hydrogens is 449 g/mol. The maximum absolute atomic E-state index is 12.9. The molecule has 2 fully saturated rings. The Morgan fingerprint density at radius 3 is 2.59 bits per heavy atom. The summed E-state index contributed by atoms with van der Waals surface area (Å²) < 4.78 is 0. The fraction of sp³-hybridized carbons (Fsp3) is 0.522. The Kier molecular flexibility index (Phi) is 8.71. The fourth-order valence-electron chi connectivity index (χ4n) is 3.94. The van der Waals surface area contributed by atoms with E-state index in [1.807, 2.05) is 19.2 Å². The highest BCUT2D eigenvalue weighted by Crippen LogP contribution is 2.42. The van der Waals surface area contributed by atoms with E-state index in [0.29, 0.717) is 27.2 Å². The molecular formula is C23H31Cl2N5O2. The van der Waals surface area contributed by atoms with Crippen LogP contribution in [0.2, 0.25) is 10.0 Å². The lowest BCUT2D eigenvalue weighted by molar-refractivity contribution is -0.0921. The Morgan fingerprint density at radius 2 is 2.00 bits per heavy atom. The first-order valence-corrected chi connectivity index (χ1v) is 11.7. The summed E-state index contributed by atoms with van der Waals surface area (Å²) in [5.74, 6) is 0.523. The summed E-state index contributed by atoms with van der Waals surface area (Å²) in [7, 11) is 2.04. The lowest BCUT2D eigenvalue weighted by Crippen LogP contribution is -2.49. The lowest BCUT2D eigenvalue weighted by Gasteiger charge is -2.34. The monoisotopic (exact) mass is 479 g/mol. The summed E-state index contributed by atoms with van der Waals surface area (Å²) in [5.41, 5.74) is 1.85. The number of halogens is 2. The van der Waals surface area contributed by atoms with Gasteiger partial charge >= 0.3 is 6.03 Å². The normalized spacial score (nSPS) is 19.2. The van der Waals surface area contributed by atoms with Gasteiger partial charge in [-0.1, -0.05) is 48.2 Å². The van der Waals surface area contributed by atoms with E-state index in [1.54, 1.807) is 19.3 Å². The van der Waals surface area contributed by atoms with Crippen LogP contribution in [0, 0.1) is 5.92 Å². The largest absolute Gasteiger partial charge is 0.341 e. The van der Waals surface area contributed by atoms with Crippen molar-refractivity contribution in [1.82, 2.24) is 15.3 Å². The van der Waals surface area contributed by atoms with Gasteiger partial charge in [0.2, 0.25) is 0 Å². The van der Waals surface area contributed by atoms with E-state index in [2.05, 4.69) is 26.9 Å². The van der Waals surface area contributed by atoms with Crippen LogP contribution in [0.3, 0.4) is 0 Å². The van der Waals surface area contributed by atoms with Crippen molar-refractivity contribution in [3.05, 3.63) is 39.5 Å². The van der Waals surface area contributed by atoms with Gasteiger partial charge in [0.15, 0.2) is 0 Å². The number of likely N-dealkylation sites (tertiary alicyclic amines) is 1. The van der Waals surface area contributed by atoms with E-state index >= 15 is 0 Å². The van der Waals surface area contributed by atoms with Gasteiger partial charge in [-0.2, -0.15) is 0 Å². The lowest BCUT2D eigenvalue weighted by atomic mass is 9.98. The number of hydrogen-bond donors (Lipinski definition) is 2. The highest BCUT2D eigenvalue weighted by atomic mass is 35.5. The van der Waals surface area contributed by atoms with E-state index in [0.717, 1.165) is 55.8 Å². The molecule has 1 saturated carbocycles. The summed E-state index contributed by atoms with van der Waals surface area (Å²) in [6.07, 6.45) is 7.66. The van der Waals surface area contributed by atoms with Crippen LogP contribution in [0.15, 0.2) is 28.3 Å². The number of carbonyl (C=O) groups is 1. The van der Waals surface area contributed by atoms with Gasteiger partial charge in [0.05, 0.1) is 34.0 Å². The topological polar surface area (TPSA) is 80.5 Å². The molecule has 3 rings (SSSR count). The third kappa shape index (κ3) is 6.10. The minimum atomic E-state index is -0.507. The van der Waals surface area contributed by atoms with Crippen molar-refractivity contribution >= 4 is 47.9 Å². The minimum Gasteiger partial charge on any atom is -0.329 e. The average molecular weight is 480 g/mol. The number of nitrogens with zero attached hydrogens (tertiary/aromatic N) is 4. The number of amides is 2. The molecule has 7 nitrogen and oxygen atoms in total. The van der Waals surface area contributed by atoms with Crippen LogP contribution in [0.1, 0.15) is 56.2 Å². The molecule has 0 aromatic heterocycles. The first kappa shape index (κ1) is 24.7. The summed E-state index contributed by atoms with van der Waals surface area (Å²) in [5, 5.41) is 15.1. The molecule has 2 amide bonds. The predicted molar refractivity (Wildman–Crippen MR) is 131 cm³/mol. The molecule has 1 aliphatic carbocycles. The second kappa shape index (κ2) is 11.3. The van der Waals surface area contributed by atoms with Gasteiger partial charge in [0, 0.05) is 11.8 Å². The molecule has 32 heavy (non-hydrogen) atoms. The van der Waals surface area contributed by atoms with Gasteiger partial charge in [-0.15, -0.1) is 0 Å². The molecule has 2 aliphatic rings. The summed E-state index contributed by atoms with van der Waals surface area (Å²) in [4.78, 5) is 23.1. The van der Waals surface area contributed by atoms with Crippen LogP contribution < -0.4 is 5.32 Å². The SMILES string of the molecule is C=N/C(=C\N=CC)c1ccc(C(CC2CC2)NC(=O)N(O)C2CCN(C)CC2)c(Cl)c1Cl. The van der Waals surface area contributed by atoms with Crippen molar-refractivity contribution in [3.8, 4) is 0 Å². The fourth-order valence-corrected chi connectivity index (χ4v) is 4.51. The molecule has 174 valence electrons. The molecule has 1 aliphatic heterocycles. The molecule has 1 atom stereocenters. The van der Waals surface area contributed by atoms with E-state index in [-0.39, 0.29) is 12.1 Å². The molecule has 9 heteroatoms. The number of urea groups is 1. The zero-order valence-electron chi connectivity index (χ0n) is 18.6. The van der Waals surface area contributed by atoms with E-state index < -0.39 is 6.03 Å². The van der Waals surface area contributed by atoms with Gasteiger partial charge in [0.1, 0.15) is 0 Å². The first-order valence-electron chi connectivity index (χ1n) is 11.0. The molecule has 1 aromatic rings. The Morgan fingerprint density at radius 1 is 1.31 bits per heavy atom. The maximum Gasteiger partial charge on any atom is 0.341 e. The molecule has 0 bridgehead atoms. The molecule has 0 radical (unpaired) electrons. The molecule has 1 aromatic carbocycles. The Balaban J connectivity index is 1.81. The zero-order chi connectivity index (χ0) is 23.3.